The lowest BCUT2D eigenvalue weighted by Gasteiger charge is -2.22. The Balaban J connectivity index is 0. The number of rotatable bonds is 18. The summed E-state index contributed by atoms with van der Waals surface area (Å²) in [4.78, 5) is 23.5. The molecule has 0 bridgehead atoms. The van der Waals surface area contributed by atoms with Crippen molar-refractivity contribution >= 4 is 11.9 Å². The average Bonchev–Trinajstić information content (AvgIpc) is 2.70. The summed E-state index contributed by atoms with van der Waals surface area (Å²) < 4.78 is 5.42. The van der Waals surface area contributed by atoms with Gasteiger partial charge >= 0.3 is 5.97 Å². The Kier molecular flexibility index (Phi) is 22.6. The van der Waals surface area contributed by atoms with Crippen LogP contribution < -0.4 is 11.1 Å². The molecular formula is C23H46N2O3. The van der Waals surface area contributed by atoms with E-state index < -0.39 is 6.04 Å². The number of hydrogen-bond donors (Lipinski definition) is 2. The summed E-state index contributed by atoms with van der Waals surface area (Å²) in [5.74, 6) is -0.0446. The van der Waals surface area contributed by atoms with Crippen LogP contribution in [0.1, 0.15) is 97.8 Å². The molecule has 0 fully saturated rings. The zero-order valence-electron chi connectivity index (χ0n) is 18.8. The van der Waals surface area contributed by atoms with Crippen molar-refractivity contribution in [2.75, 3.05) is 13.2 Å². The second kappa shape index (κ2) is 21.9. The fraction of sp³-hybridized carbons (Fsp3) is 0.826. The van der Waals surface area contributed by atoms with Crippen molar-refractivity contribution in [3.8, 4) is 0 Å². The molecule has 0 aromatic heterocycles. The first-order valence-corrected chi connectivity index (χ1v) is 11.2. The maximum absolute atomic E-state index is 12.4. The first kappa shape index (κ1) is 28.8. The van der Waals surface area contributed by atoms with E-state index in [1.165, 1.54) is 38.5 Å². The zero-order valence-corrected chi connectivity index (χ0v) is 18.8. The third-order valence-corrected chi connectivity index (χ3v) is 4.79. The van der Waals surface area contributed by atoms with Gasteiger partial charge in [-0.1, -0.05) is 65.7 Å². The molecule has 0 spiro atoms. The Morgan fingerprint density at radius 1 is 0.893 bits per heavy atom. The van der Waals surface area contributed by atoms with E-state index in [-0.39, 0.29) is 18.3 Å². The lowest BCUT2D eigenvalue weighted by Crippen LogP contribution is -2.41. The standard InChI is InChI=1S/C21H42N2O3.C2H4/c1-4-7-10-11-16-26-21(25)19(14-15-20(22)24)23-17-18(12-8-5-2)13-9-6-3;1-2/h18-19,23H,4-17H2,1-3H3,(H2,22,24);1-2H2/t19-;/m0./s1. The van der Waals surface area contributed by atoms with Crippen molar-refractivity contribution in [2.24, 2.45) is 11.7 Å². The second-order valence-electron chi connectivity index (χ2n) is 7.34. The molecule has 0 saturated heterocycles. The number of hydrogen-bond acceptors (Lipinski definition) is 4. The average molecular weight is 399 g/mol. The van der Waals surface area contributed by atoms with Crippen molar-refractivity contribution in [2.45, 2.75) is 104 Å². The number of primary amides is 1. The highest BCUT2D eigenvalue weighted by atomic mass is 16.5. The zero-order chi connectivity index (χ0) is 21.6. The van der Waals surface area contributed by atoms with Gasteiger partial charge in [0, 0.05) is 6.42 Å². The predicted octanol–water partition coefficient (Wildman–Crippen LogP) is 5.13. The van der Waals surface area contributed by atoms with Crippen LogP contribution in [0.15, 0.2) is 13.2 Å². The number of nitrogens with one attached hydrogen (secondary N) is 1. The van der Waals surface area contributed by atoms with Gasteiger partial charge in [0.2, 0.25) is 5.91 Å². The largest absolute Gasteiger partial charge is 0.465 e. The minimum absolute atomic E-state index is 0.206. The Morgan fingerprint density at radius 2 is 1.46 bits per heavy atom. The molecule has 0 rings (SSSR count). The maximum atomic E-state index is 12.4. The number of carbonyl (C=O) groups is 2. The van der Waals surface area contributed by atoms with E-state index in [0.29, 0.717) is 18.9 Å². The van der Waals surface area contributed by atoms with Gasteiger partial charge in [0.05, 0.1) is 6.61 Å². The van der Waals surface area contributed by atoms with E-state index in [1.54, 1.807) is 0 Å². The number of carbonyl (C=O) groups excluding carboxylic acids is 2. The van der Waals surface area contributed by atoms with E-state index in [0.717, 1.165) is 32.2 Å². The van der Waals surface area contributed by atoms with Gasteiger partial charge in [-0.15, -0.1) is 13.2 Å². The van der Waals surface area contributed by atoms with Crippen LogP contribution in [-0.4, -0.2) is 31.1 Å². The first-order valence-electron chi connectivity index (χ1n) is 11.2. The van der Waals surface area contributed by atoms with Gasteiger partial charge in [0.1, 0.15) is 6.04 Å². The second-order valence-corrected chi connectivity index (χ2v) is 7.34. The van der Waals surface area contributed by atoms with Crippen molar-refractivity contribution in [1.29, 1.82) is 0 Å². The van der Waals surface area contributed by atoms with Crippen LogP contribution in [-0.2, 0) is 14.3 Å². The van der Waals surface area contributed by atoms with E-state index in [2.05, 4.69) is 39.2 Å². The number of ether oxygens (including phenoxy) is 1. The third-order valence-electron chi connectivity index (χ3n) is 4.79. The summed E-state index contributed by atoms with van der Waals surface area (Å²) in [7, 11) is 0. The quantitative estimate of drug-likeness (QED) is 0.190. The molecule has 0 radical (unpaired) electrons. The van der Waals surface area contributed by atoms with E-state index in [1.807, 2.05) is 0 Å². The Hall–Kier alpha value is -1.36. The predicted molar refractivity (Wildman–Crippen MR) is 119 cm³/mol. The smallest absolute Gasteiger partial charge is 0.323 e. The molecule has 0 saturated carbocycles. The van der Waals surface area contributed by atoms with Crippen LogP contribution in [0.4, 0.5) is 0 Å². The van der Waals surface area contributed by atoms with Crippen molar-refractivity contribution in [3.05, 3.63) is 13.2 Å². The normalized spacial score (nSPS) is 11.6. The SMILES string of the molecule is C=C.CCCCCCOC(=O)[C@H](CCC(N)=O)NCC(CCCC)CCCC. The minimum Gasteiger partial charge on any atom is -0.465 e. The molecule has 28 heavy (non-hydrogen) atoms. The summed E-state index contributed by atoms with van der Waals surface area (Å²) in [5, 5.41) is 3.36. The van der Waals surface area contributed by atoms with Gasteiger partial charge in [0.25, 0.3) is 0 Å². The molecule has 166 valence electrons. The summed E-state index contributed by atoms with van der Waals surface area (Å²) in [6.07, 6.45) is 12.1. The molecule has 0 heterocycles. The number of amides is 1. The van der Waals surface area contributed by atoms with Gasteiger partial charge in [-0.3, -0.25) is 9.59 Å². The number of esters is 1. The Bertz CT molecular complexity index is 367. The molecule has 0 aliphatic rings. The molecule has 0 aliphatic carbocycles. The van der Waals surface area contributed by atoms with Gasteiger partial charge in [-0.2, -0.15) is 0 Å². The highest BCUT2D eigenvalue weighted by Gasteiger charge is 2.21. The topological polar surface area (TPSA) is 81.4 Å². The van der Waals surface area contributed by atoms with Crippen LogP contribution >= 0.6 is 0 Å². The fourth-order valence-electron chi connectivity index (χ4n) is 3.04. The van der Waals surface area contributed by atoms with E-state index in [4.69, 9.17) is 10.5 Å². The van der Waals surface area contributed by atoms with Crippen molar-refractivity contribution in [1.82, 2.24) is 5.32 Å². The van der Waals surface area contributed by atoms with Crippen LogP contribution in [0.5, 0.6) is 0 Å². The van der Waals surface area contributed by atoms with Crippen LogP contribution in [0.3, 0.4) is 0 Å². The molecule has 5 nitrogen and oxygen atoms in total. The van der Waals surface area contributed by atoms with Gasteiger partial charge in [0.15, 0.2) is 0 Å². The van der Waals surface area contributed by atoms with E-state index in [9.17, 15) is 9.59 Å². The Morgan fingerprint density at radius 3 is 1.96 bits per heavy atom. The molecule has 0 aromatic rings. The molecule has 0 unspecified atom stereocenters. The monoisotopic (exact) mass is 398 g/mol. The summed E-state index contributed by atoms with van der Waals surface area (Å²) in [5.41, 5.74) is 5.26. The maximum Gasteiger partial charge on any atom is 0.323 e. The Labute approximate surface area is 173 Å². The van der Waals surface area contributed by atoms with Crippen LogP contribution in [0.25, 0.3) is 0 Å². The summed E-state index contributed by atoms with van der Waals surface area (Å²) >= 11 is 0. The van der Waals surface area contributed by atoms with Gasteiger partial charge in [-0.05, 0) is 38.1 Å². The van der Waals surface area contributed by atoms with Gasteiger partial charge in [-0.25, -0.2) is 0 Å². The summed E-state index contributed by atoms with van der Waals surface area (Å²) in [6.45, 7) is 13.8. The molecule has 0 aliphatic heterocycles. The molecule has 0 aromatic carbocycles. The molecule has 1 amide bonds. The first-order chi connectivity index (χ1) is 13.5. The highest BCUT2D eigenvalue weighted by molar-refractivity contribution is 5.78. The molecule has 5 heteroatoms. The number of unbranched alkanes of at least 4 members (excludes halogenated alkanes) is 5. The van der Waals surface area contributed by atoms with Crippen LogP contribution in [0.2, 0.25) is 0 Å². The third kappa shape index (κ3) is 18.0. The molecule has 1 atom stereocenters. The summed E-state index contributed by atoms with van der Waals surface area (Å²) in [6, 6.07) is -0.431. The number of nitrogens with two attached hydrogens (primary N) is 1. The van der Waals surface area contributed by atoms with Crippen molar-refractivity contribution < 1.29 is 14.3 Å². The lowest BCUT2D eigenvalue weighted by atomic mass is 9.95. The molecular weight excluding hydrogens is 352 g/mol. The minimum atomic E-state index is -0.431. The van der Waals surface area contributed by atoms with Gasteiger partial charge < -0.3 is 15.8 Å². The molecule has 3 N–H and O–H groups in total. The van der Waals surface area contributed by atoms with Crippen LogP contribution in [0, 0.1) is 5.92 Å². The lowest BCUT2D eigenvalue weighted by molar-refractivity contribution is -0.146. The van der Waals surface area contributed by atoms with Crippen molar-refractivity contribution in [3.63, 3.8) is 0 Å². The highest BCUT2D eigenvalue weighted by Crippen LogP contribution is 2.16. The fourth-order valence-corrected chi connectivity index (χ4v) is 3.04. The van der Waals surface area contributed by atoms with E-state index >= 15 is 0 Å².